The van der Waals surface area contributed by atoms with Crippen molar-refractivity contribution in [2.75, 3.05) is 0 Å². The van der Waals surface area contributed by atoms with Gasteiger partial charge in [0.15, 0.2) is 0 Å². The first-order valence-electron chi connectivity index (χ1n) is 14.1. The highest BCUT2D eigenvalue weighted by Gasteiger charge is 2.52. The van der Waals surface area contributed by atoms with E-state index >= 15 is 0 Å². The zero-order valence-electron chi connectivity index (χ0n) is 21.9. The lowest BCUT2D eigenvalue weighted by atomic mass is 9.47. The third-order valence-electron chi connectivity index (χ3n) is 9.50. The van der Waals surface area contributed by atoms with Crippen molar-refractivity contribution >= 4 is 22.7 Å². The smallest absolute Gasteiger partial charge is 0.338 e. The summed E-state index contributed by atoms with van der Waals surface area (Å²) in [4.78, 5) is 25.2. The van der Waals surface area contributed by atoms with Crippen LogP contribution in [-0.2, 0) is 16.8 Å². The van der Waals surface area contributed by atoms with Gasteiger partial charge in [0.1, 0.15) is 6.61 Å². The molecule has 0 atom stereocenters. The molecule has 0 spiro atoms. The number of carbonyl (C=O) groups excluding carboxylic acids is 1. The van der Waals surface area contributed by atoms with Gasteiger partial charge in [-0.15, -0.1) is 0 Å². The minimum absolute atomic E-state index is 0.0182. The van der Waals surface area contributed by atoms with Crippen LogP contribution in [0.4, 0.5) is 0 Å². The molecule has 0 heterocycles. The molecule has 4 heteroatoms. The van der Waals surface area contributed by atoms with Gasteiger partial charge in [-0.25, -0.2) is 9.59 Å². The minimum Gasteiger partial charge on any atom is -0.478 e. The molecular weight excluding hydrogens is 484 g/mol. The molecule has 4 fully saturated rings. The van der Waals surface area contributed by atoms with E-state index in [0.717, 1.165) is 70.0 Å². The molecule has 4 aliphatic carbocycles. The standard InChI is InChI=1S/C35H32O4/c36-33(37)27-11-9-26(10-12-27)29-8-4-7-28-16-31(34(38)39-21-22-5-2-1-3-6-22)32(17-30(28)29)35-18-23-13-24(19-35)15-25(14-23)20-35/h1-12,16-17,23-25H,13-15,18-21H2,(H,36,37). The highest BCUT2D eigenvalue weighted by Crippen LogP contribution is 2.61. The fraction of sp³-hybridized carbons (Fsp3) is 0.314. The number of rotatable bonds is 6. The van der Waals surface area contributed by atoms with Gasteiger partial charge in [-0.1, -0.05) is 60.7 Å². The lowest BCUT2D eigenvalue weighted by Gasteiger charge is -2.57. The monoisotopic (exact) mass is 516 g/mol. The Balaban J connectivity index is 1.35. The Kier molecular flexibility index (Phi) is 5.80. The second-order valence-corrected chi connectivity index (χ2v) is 12.1. The van der Waals surface area contributed by atoms with Crippen molar-refractivity contribution in [3.8, 4) is 11.1 Å². The molecule has 0 unspecified atom stereocenters. The highest BCUT2D eigenvalue weighted by atomic mass is 16.5. The number of hydrogen-bond donors (Lipinski definition) is 1. The molecule has 39 heavy (non-hydrogen) atoms. The van der Waals surface area contributed by atoms with E-state index in [0.29, 0.717) is 5.56 Å². The minimum atomic E-state index is -0.928. The predicted octanol–water partition coefficient (Wildman–Crippen LogP) is 8.03. The number of aromatic carboxylic acids is 1. The largest absolute Gasteiger partial charge is 0.478 e. The Labute approximate surface area is 228 Å². The van der Waals surface area contributed by atoms with Gasteiger partial charge in [0, 0.05) is 0 Å². The molecule has 1 N–H and O–H groups in total. The van der Waals surface area contributed by atoms with Gasteiger partial charge in [-0.3, -0.25) is 0 Å². The van der Waals surface area contributed by atoms with Crippen LogP contribution in [0.1, 0.15) is 70.4 Å². The van der Waals surface area contributed by atoms with E-state index < -0.39 is 5.97 Å². The quantitative estimate of drug-likeness (QED) is 0.264. The van der Waals surface area contributed by atoms with Crippen LogP contribution in [-0.4, -0.2) is 17.0 Å². The molecule has 4 saturated carbocycles. The van der Waals surface area contributed by atoms with E-state index in [4.69, 9.17) is 4.74 Å². The Morgan fingerprint density at radius 3 is 2.10 bits per heavy atom. The molecule has 0 amide bonds. The summed E-state index contributed by atoms with van der Waals surface area (Å²) in [5, 5.41) is 11.5. The summed E-state index contributed by atoms with van der Waals surface area (Å²) < 4.78 is 5.92. The lowest BCUT2D eigenvalue weighted by Crippen LogP contribution is -2.49. The second kappa shape index (κ2) is 9.37. The third-order valence-corrected chi connectivity index (χ3v) is 9.50. The summed E-state index contributed by atoms with van der Waals surface area (Å²) in [6.45, 7) is 0.258. The summed E-state index contributed by atoms with van der Waals surface area (Å²) in [6, 6.07) is 27.4. The molecule has 4 bridgehead atoms. The lowest BCUT2D eigenvalue weighted by molar-refractivity contribution is -0.00608. The topological polar surface area (TPSA) is 63.6 Å². The van der Waals surface area contributed by atoms with E-state index in [-0.39, 0.29) is 23.6 Å². The van der Waals surface area contributed by atoms with Crippen LogP contribution in [0.25, 0.3) is 21.9 Å². The van der Waals surface area contributed by atoms with Crippen LogP contribution >= 0.6 is 0 Å². The maximum atomic E-state index is 13.8. The van der Waals surface area contributed by atoms with Crippen LogP contribution in [0, 0.1) is 17.8 Å². The van der Waals surface area contributed by atoms with E-state index in [1.807, 2.05) is 54.6 Å². The molecule has 196 valence electrons. The molecule has 0 aromatic heterocycles. The summed E-state index contributed by atoms with van der Waals surface area (Å²) in [5.74, 6) is 1.07. The van der Waals surface area contributed by atoms with E-state index in [9.17, 15) is 14.7 Å². The van der Waals surface area contributed by atoms with Crippen molar-refractivity contribution in [1.29, 1.82) is 0 Å². The normalized spacial score (nSPS) is 25.1. The van der Waals surface area contributed by atoms with Gasteiger partial charge in [-0.2, -0.15) is 0 Å². The average molecular weight is 517 g/mol. The summed E-state index contributed by atoms with van der Waals surface area (Å²) in [7, 11) is 0. The first-order chi connectivity index (χ1) is 19.0. The Morgan fingerprint density at radius 1 is 0.795 bits per heavy atom. The molecule has 0 saturated heterocycles. The van der Waals surface area contributed by atoms with Gasteiger partial charge in [0.05, 0.1) is 11.1 Å². The van der Waals surface area contributed by atoms with Crippen molar-refractivity contribution in [3.63, 3.8) is 0 Å². The van der Waals surface area contributed by atoms with Gasteiger partial charge in [0.2, 0.25) is 0 Å². The Morgan fingerprint density at radius 2 is 1.46 bits per heavy atom. The number of ether oxygens (including phenoxy) is 1. The molecular formula is C35H32O4. The Hall–Kier alpha value is -3.92. The Bertz CT molecular complexity index is 1530. The molecule has 4 nitrogen and oxygen atoms in total. The second-order valence-electron chi connectivity index (χ2n) is 12.1. The summed E-state index contributed by atoms with van der Waals surface area (Å²) in [5.41, 5.74) is 5.16. The van der Waals surface area contributed by atoms with Gasteiger partial charge in [-0.05, 0) is 119 Å². The van der Waals surface area contributed by atoms with Crippen molar-refractivity contribution in [2.45, 2.75) is 50.5 Å². The predicted molar refractivity (Wildman–Crippen MR) is 152 cm³/mol. The number of carboxylic acids is 1. The van der Waals surface area contributed by atoms with Gasteiger partial charge >= 0.3 is 11.9 Å². The molecule has 4 aliphatic rings. The fourth-order valence-electron chi connectivity index (χ4n) is 8.22. The van der Waals surface area contributed by atoms with Crippen molar-refractivity contribution in [3.05, 3.63) is 107 Å². The van der Waals surface area contributed by atoms with Crippen LogP contribution in [0.15, 0.2) is 84.9 Å². The zero-order valence-corrected chi connectivity index (χ0v) is 21.9. The third kappa shape index (κ3) is 4.32. The highest BCUT2D eigenvalue weighted by molar-refractivity contribution is 6.03. The maximum absolute atomic E-state index is 13.8. The summed E-state index contributed by atoms with van der Waals surface area (Å²) in [6.07, 6.45) is 7.46. The average Bonchev–Trinajstić information content (AvgIpc) is 2.95. The van der Waals surface area contributed by atoms with Crippen LogP contribution < -0.4 is 0 Å². The van der Waals surface area contributed by atoms with E-state index in [1.54, 1.807) is 12.1 Å². The molecule has 4 aromatic rings. The maximum Gasteiger partial charge on any atom is 0.338 e. The zero-order chi connectivity index (χ0) is 26.6. The number of carbonyl (C=O) groups is 2. The number of benzene rings is 4. The molecule has 8 rings (SSSR count). The van der Waals surface area contributed by atoms with Gasteiger partial charge < -0.3 is 9.84 Å². The van der Waals surface area contributed by atoms with E-state index in [2.05, 4.69) is 18.2 Å². The van der Waals surface area contributed by atoms with E-state index in [1.165, 1.54) is 19.3 Å². The first kappa shape index (κ1) is 24.1. The number of hydrogen-bond acceptors (Lipinski definition) is 3. The summed E-state index contributed by atoms with van der Waals surface area (Å²) >= 11 is 0. The van der Waals surface area contributed by atoms with Crippen LogP contribution in [0.2, 0.25) is 0 Å². The number of fused-ring (bicyclic) bond motifs is 1. The number of carboxylic acid groups (broad SMARTS) is 1. The fourth-order valence-corrected chi connectivity index (χ4v) is 8.22. The van der Waals surface area contributed by atoms with Crippen LogP contribution in [0.5, 0.6) is 0 Å². The SMILES string of the molecule is O=C(O)c1ccc(-c2cccc3cc(C(=O)OCc4ccccc4)c(C45CC6CC(CC(C6)C4)C5)cc23)cc1. The van der Waals surface area contributed by atoms with Crippen molar-refractivity contribution < 1.29 is 19.4 Å². The van der Waals surface area contributed by atoms with Crippen LogP contribution in [0.3, 0.4) is 0 Å². The van der Waals surface area contributed by atoms with Gasteiger partial charge in [0.25, 0.3) is 0 Å². The number of esters is 1. The molecule has 0 aliphatic heterocycles. The molecule has 4 aromatic carbocycles. The van der Waals surface area contributed by atoms with Crippen molar-refractivity contribution in [1.82, 2.24) is 0 Å². The first-order valence-corrected chi connectivity index (χ1v) is 14.1. The van der Waals surface area contributed by atoms with Crippen molar-refractivity contribution in [2.24, 2.45) is 17.8 Å². The molecule has 0 radical (unpaired) electrons.